The Morgan fingerprint density at radius 3 is 2.57 bits per heavy atom. The highest BCUT2D eigenvalue weighted by molar-refractivity contribution is 14.0. The van der Waals surface area contributed by atoms with E-state index in [-0.39, 0.29) is 24.0 Å². The van der Waals surface area contributed by atoms with Gasteiger partial charge in [0.15, 0.2) is 5.96 Å². The van der Waals surface area contributed by atoms with Crippen LogP contribution < -0.4 is 10.2 Å². The van der Waals surface area contributed by atoms with Crippen molar-refractivity contribution in [1.82, 2.24) is 19.6 Å². The van der Waals surface area contributed by atoms with Gasteiger partial charge in [0.25, 0.3) is 0 Å². The number of aliphatic imine (C=N–C) groups is 1. The van der Waals surface area contributed by atoms with Crippen molar-refractivity contribution in [3.8, 4) is 0 Å². The molecule has 6 nitrogen and oxygen atoms in total. The van der Waals surface area contributed by atoms with Gasteiger partial charge in [-0.1, -0.05) is 6.92 Å². The molecule has 2 heterocycles. The van der Waals surface area contributed by atoms with Crippen LogP contribution >= 0.6 is 35.5 Å². The molecule has 3 rings (SSSR count). The van der Waals surface area contributed by atoms with E-state index in [0.29, 0.717) is 0 Å². The summed E-state index contributed by atoms with van der Waals surface area (Å²) >= 11 is 1.52. The van der Waals surface area contributed by atoms with Crippen molar-refractivity contribution in [2.75, 3.05) is 44.2 Å². The second-order valence-corrected chi connectivity index (χ2v) is 6.69. The van der Waals surface area contributed by atoms with Gasteiger partial charge < -0.3 is 15.1 Å². The van der Waals surface area contributed by atoms with Crippen molar-refractivity contribution in [1.29, 1.82) is 0 Å². The fourth-order valence-corrected chi connectivity index (χ4v) is 3.37. The lowest BCUT2D eigenvalue weighted by Gasteiger charge is -2.36. The van der Waals surface area contributed by atoms with Crippen molar-refractivity contribution in [3.63, 3.8) is 0 Å². The summed E-state index contributed by atoms with van der Waals surface area (Å²) in [5.74, 6) is 2.88. The number of hydrogen-bond donors (Lipinski definition) is 1. The highest BCUT2D eigenvalue weighted by atomic mass is 127. The summed E-state index contributed by atoms with van der Waals surface area (Å²) in [6.45, 7) is 10.1. The third-order valence-corrected chi connectivity index (χ3v) is 4.97. The first kappa shape index (κ1) is 18.7. The number of rotatable bonds is 5. The SMILES string of the molecule is CCNC(=NCC1CC1)N1CCN(c2nc(CC)ns2)CC1.I. The number of guanidine groups is 1. The normalized spacial score (nSPS) is 18.8. The van der Waals surface area contributed by atoms with Gasteiger partial charge in [-0.25, -0.2) is 4.98 Å². The van der Waals surface area contributed by atoms with E-state index in [4.69, 9.17) is 4.99 Å². The average molecular weight is 450 g/mol. The minimum atomic E-state index is 0. The van der Waals surface area contributed by atoms with E-state index < -0.39 is 0 Å². The van der Waals surface area contributed by atoms with Crippen LogP contribution in [0, 0.1) is 5.92 Å². The monoisotopic (exact) mass is 450 g/mol. The maximum atomic E-state index is 4.80. The average Bonchev–Trinajstić information content (AvgIpc) is 3.26. The van der Waals surface area contributed by atoms with Crippen LogP contribution in [0.25, 0.3) is 0 Å². The molecule has 2 fully saturated rings. The predicted octanol–water partition coefficient (Wildman–Crippen LogP) is 2.22. The number of nitrogens with one attached hydrogen (secondary N) is 1. The Bertz CT molecular complexity index is 508. The van der Waals surface area contributed by atoms with Gasteiger partial charge in [-0.05, 0) is 25.7 Å². The molecule has 0 amide bonds. The molecular weight excluding hydrogens is 423 g/mol. The van der Waals surface area contributed by atoms with Crippen LogP contribution in [0.15, 0.2) is 4.99 Å². The zero-order chi connectivity index (χ0) is 15.4. The first-order valence-electron chi connectivity index (χ1n) is 8.41. The Balaban J connectivity index is 0.00000192. The number of piperazine rings is 1. The molecule has 23 heavy (non-hydrogen) atoms. The summed E-state index contributed by atoms with van der Waals surface area (Å²) in [4.78, 5) is 14.1. The standard InChI is InChI=1S/C15H26N6S.HI/c1-3-13-18-15(22-19-13)21-9-7-20(8-10-21)14(16-4-2)17-11-12-5-6-12;/h12H,3-11H2,1-2H3,(H,16,17);1H. The summed E-state index contributed by atoms with van der Waals surface area (Å²) in [6, 6.07) is 0. The molecule has 1 N–H and O–H groups in total. The fraction of sp³-hybridized carbons (Fsp3) is 0.800. The Morgan fingerprint density at radius 1 is 1.26 bits per heavy atom. The number of halogens is 1. The van der Waals surface area contributed by atoms with E-state index in [9.17, 15) is 0 Å². The van der Waals surface area contributed by atoms with Gasteiger partial charge in [0.2, 0.25) is 5.13 Å². The van der Waals surface area contributed by atoms with E-state index in [0.717, 1.165) is 68.5 Å². The third kappa shape index (κ3) is 5.17. The van der Waals surface area contributed by atoms with E-state index in [1.807, 2.05) is 0 Å². The molecule has 8 heteroatoms. The number of nitrogens with zero attached hydrogens (tertiary/aromatic N) is 5. The number of anilines is 1. The molecule has 1 saturated heterocycles. The van der Waals surface area contributed by atoms with Crippen LogP contribution in [0.3, 0.4) is 0 Å². The van der Waals surface area contributed by atoms with Crippen molar-refractivity contribution in [2.45, 2.75) is 33.1 Å². The smallest absolute Gasteiger partial charge is 0.205 e. The van der Waals surface area contributed by atoms with Gasteiger partial charge >= 0.3 is 0 Å². The highest BCUT2D eigenvalue weighted by Gasteiger charge is 2.24. The fourth-order valence-electron chi connectivity index (χ4n) is 2.57. The molecule has 1 saturated carbocycles. The largest absolute Gasteiger partial charge is 0.357 e. The first-order valence-corrected chi connectivity index (χ1v) is 9.18. The summed E-state index contributed by atoms with van der Waals surface area (Å²) < 4.78 is 4.39. The zero-order valence-corrected chi connectivity index (χ0v) is 17.1. The summed E-state index contributed by atoms with van der Waals surface area (Å²) in [5, 5.41) is 4.50. The summed E-state index contributed by atoms with van der Waals surface area (Å²) in [6.07, 6.45) is 3.62. The molecular formula is C15H27IN6S. The number of hydrogen-bond acceptors (Lipinski definition) is 5. The first-order chi connectivity index (χ1) is 10.8. The maximum Gasteiger partial charge on any atom is 0.205 e. The zero-order valence-electron chi connectivity index (χ0n) is 14.0. The van der Waals surface area contributed by atoms with Gasteiger partial charge in [0.05, 0.1) is 0 Å². The molecule has 1 aromatic heterocycles. The van der Waals surface area contributed by atoms with Gasteiger partial charge in [-0.3, -0.25) is 4.99 Å². The van der Waals surface area contributed by atoms with Crippen molar-refractivity contribution in [3.05, 3.63) is 5.82 Å². The molecule has 1 aliphatic carbocycles. The van der Waals surface area contributed by atoms with E-state index in [1.165, 1.54) is 24.4 Å². The van der Waals surface area contributed by atoms with Gasteiger partial charge in [-0.15, -0.1) is 24.0 Å². The minimum Gasteiger partial charge on any atom is -0.357 e. The summed E-state index contributed by atoms with van der Waals surface area (Å²) in [5.41, 5.74) is 0. The second kappa shape index (κ2) is 9.00. The topological polar surface area (TPSA) is 56.7 Å². The maximum absolute atomic E-state index is 4.80. The van der Waals surface area contributed by atoms with Crippen LogP contribution in [0.1, 0.15) is 32.5 Å². The molecule has 1 aromatic rings. The molecule has 0 unspecified atom stereocenters. The van der Waals surface area contributed by atoms with Gasteiger partial charge in [-0.2, -0.15) is 4.37 Å². The lowest BCUT2D eigenvalue weighted by atomic mass is 10.3. The predicted molar refractivity (Wildman–Crippen MR) is 107 cm³/mol. The molecule has 0 spiro atoms. The van der Waals surface area contributed by atoms with E-state index in [2.05, 4.69) is 38.3 Å². The molecule has 0 bridgehead atoms. The molecule has 0 radical (unpaired) electrons. The van der Waals surface area contributed by atoms with E-state index in [1.54, 1.807) is 0 Å². The van der Waals surface area contributed by atoms with Crippen LogP contribution in [0.5, 0.6) is 0 Å². The lowest BCUT2D eigenvalue weighted by molar-refractivity contribution is 0.372. The summed E-state index contributed by atoms with van der Waals surface area (Å²) in [7, 11) is 0. The van der Waals surface area contributed by atoms with Crippen LogP contribution in [0.2, 0.25) is 0 Å². The Morgan fingerprint density at radius 2 is 2.00 bits per heavy atom. The van der Waals surface area contributed by atoms with Gasteiger partial charge in [0.1, 0.15) is 5.82 Å². The minimum absolute atomic E-state index is 0. The third-order valence-electron chi connectivity index (χ3n) is 4.15. The quantitative estimate of drug-likeness (QED) is 0.424. The molecule has 0 aromatic carbocycles. The van der Waals surface area contributed by atoms with E-state index >= 15 is 0 Å². The molecule has 0 atom stereocenters. The molecule has 2 aliphatic rings. The number of aromatic nitrogens is 2. The molecule has 1 aliphatic heterocycles. The van der Waals surface area contributed by atoms with Crippen molar-refractivity contribution < 1.29 is 0 Å². The Labute approximate surface area is 159 Å². The second-order valence-electron chi connectivity index (χ2n) is 5.96. The van der Waals surface area contributed by atoms with Crippen LogP contribution in [-0.2, 0) is 6.42 Å². The van der Waals surface area contributed by atoms with Crippen LogP contribution in [-0.4, -0.2) is 59.5 Å². The Kier molecular flexibility index (Phi) is 7.32. The molecule has 130 valence electrons. The van der Waals surface area contributed by atoms with Gasteiger partial charge in [0, 0.05) is 57.2 Å². The Hall–Kier alpha value is -0.640. The van der Waals surface area contributed by atoms with Crippen molar-refractivity contribution in [2.24, 2.45) is 10.9 Å². The van der Waals surface area contributed by atoms with Crippen LogP contribution in [0.4, 0.5) is 5.13 Å². The van der Waals surface area contributed by atoms with Crippen molar-refractivity contribution >= 4 is 46.6 Å². The number of aryl methyl sites for hydroxylation is 1. The highest BCUT2D eigenvalue weighted by Crippen LogP contribution is 2.29. The lowest BCUT2D eigenvalue weighted by Crippen LogP contribution is -2.52.